The van der Waals surface area contributed by atoms with Gasteiger partial charge in [0.05, 0.1) is 13.2 Å². The third kappa shape index (κ3) is 4.21. The monoisotopic (exact) mass is 292 g/mol. The molecule has 4 nitrogen and oxygen atoms in total. The Balaban J connectivity index is 1.72. The zero-order chi connectivity index (χ0) is 14.2. The summed E-state index contributed by atoms with van der Waals surface area (Å²) in [4.78, 5) is 4.34. The molecule has 1 unspecified atom stereocenters. The predicted octanol–water partition coefficient (Wildman–Crippen LogP) is 3.27. The fourth-order valence-electron chi connectivity index (χ4n) is 1.89. The summed E-state index contributed by atoms with van der Waals surface area (Å²) in [6.45, 7) is 3.59. The van der Waals surface area contributed by atoms with E-state index in [0.29, 0.717) is 12.6 Å². The Morgan fingerprint density at radius 1 is 1.25 bits per heavy atom. The first-order valence-corrected chi connectivity index (χ1v) is 7.61. The van der Waals surface area contributed by atoms with Gasteiger partial charge in [-0.25, -0.2) is 4.98 Å². The standard InChI is InChI=1S/C15H20N2O2S/c1-3-14(15-17-9-11-20-15)16-8-10-19-13-6-4-12(18-2)5-7-13/h4-7,9,11,14,16H,3,8,10H2,1-2H3. The van der Waals surface area contributed by atoms with E-state index < -0.39 is 0 Å². The van der Waals surface area contributed by atoms with Crippen molar-refractivity contribution in [3.05, 3.63) is 40.8 Å². The molecule has 1 aromatic heterocycles. The lowest BCUT2D eigenvalue weighted by Crippen LogP contribution is -2.25. The normalized spacial score (nSPS) is 12.1. The van der Waals surface area contributed by atoms with Gasteiger partial charge >= 0.3 is 0 Å². The van der Waals surface area contributed by atoms with Crippen molar-refractivity contribution in [1.29, 1.82) is 0 Å². The Morgan fingerprint density at radius 3 is 2.60 bits per heavy atom. The molecule has 0 spiro atoms. The summed E-state index contributed by atoms with van der Waals surface area (Å²) in [5.74, 6) is 1.69. The van der Waals surface area contributed by atoms with Crippen molar-refractivity contribution in [2.75, 3.05) is 20.3 Å². The predicted molar refractivity (Wildman–Crippen MR) is 81.6 cm³/mol. The average Bonchev–Trinajstić information content (AvgIpc) is 3.02. The minimum Gasteiger partial charge on any atom is -0.497 e. The molecule has 0 bridgehead atoms. The Bertz CT molecular complexity index is 485. The highest BCUT2D eigenvalue weighted by atomic mass is 32.1. The van der Waals surface area contributed by atoms with Crippen molar-refractivity contribution < 1.29 is 9.47 Å². The second-order valence-corrected chi connectivity index (χ2v) is 5.24. The van der Waals surface area contributed by atoms with E-state index in [4.69, 9.17) is 9.47 Å². The van der Waals surface area contributed by atoms with E-state index in [-0.39, 0.29) is 0 Å². The van der Waals surface area contributed by atoms with Gasteiger partial charge in [0.15, 0.2) is 0 Å². The van der Waals surface area contributed by atoms with Gasteiger partial charge in [-0.3, -0.25) is 0 Å². The molecule has 0 aliphatic heterocycles. The molecule has 1 aromatic carbocycles. The number of hydrogen-bond acceptors (Lipinski definition) is 5. The maximum absolute atomic E-state index is 5.68. The van der Waals surface area contributed by atoms with Crippen LogP contribution in [0.1, 0.15) is 24.4 Å². The van der Waals surface area contributed by atoms with Gasteiger partial charge in [-0.05, 0) is 30.7 Å². The van der Waals surface area contributed by atoms with Crippen LogP contribution in [-0.2, 0) is 0 Å². The fraction of sp³-hybridized carbons (Fsp3) is 0.400. The molecule has 1 N–H and O–H groups in total. The molecule has 2 rings (SSSR count). The molecule has 0 aliphatic rings. The van der Waals surface area contributed by atoms with Crippen LogP contribution in [0.15, 0.2) is 35.8 Å². The smallest absolute Gasteiger partial charge is 0.119 e. The Morgan fingerprint density at radius 2 is 2.00 bits per heavy atom. The van der Waals surface area contributed by atoms with Gasteiger partial charge in [0.25, 0.3) is 0 Å². The number of benzene rings is 1. The first-order chi connectivity index (χ1) is 9.83. The van der Waals surface area contributed by atoms with Crippen molar-refractivity contribution in [3.8, 4) is 11.5 Å². The SMILES string of the molecule is CCC(NCCOc1ccc(OC)cc1)c1nccs1. The lowest BCUT2D eigenvalue weighted by Gasteiger charge is -2.14. The second-order valence-electron chi connectivity index (χ2n) is 4.31. The van der Waals surface area contributed by atoms with Gasteiger partial charge in [-0.1, -0.05) is 6.92 Å². The van der Waals surface area contributed by atoms with Crippen molar-refractivity contribution in [1.82, 2.24) is 10.3 Å². The molecule has 0 aliphatic carbocycles. The Labute approximate surface area is 123 Å². The number of thiazole rings is 1. The molecule has 108 valence electrons. The van der Waals surface area contributed by atoms with Crippen LogP contribution in [0.4, 0.5) is 0 Å². The summed E-state index contributed by atoms with van der Waals surface area (Å²) < 4.78 is 10.8. The number of methoxy groups -OCH3 is 1. The van der Waals surface area contributed by atoms with Crippen LogP contribution in [0.5, 0.6) is 11.5 Å². The van der Waals surface area contributed by atoms with Crippen molar-refractivity contribution in [2.45, 2.75) is 19.4 Å². The van der Waals surface area contributed by atoms with E-state index in [1.54, 1.807) is 18.4 Å². The van der Waals surface area contributed by atoms with Gasteiger partial charge in [0.1, 0.15) is 23.1 Å². The molecule has 2 aromatic rings. The summed E-state index contributed by atoms with van der Waals surface area (Å²) in [7, 11) is 1.66. The summed E-state index contributed by atoms with van der Waals surface area (Å²) in [5, 5.41) is 6.61. The van der Waals surface area contributed by atoms with Gasteiger partial charge in [0, 0.05) is 18.1 Å². The van der Waals surface area contributed by atoms with E-state index >= 15 is 0 Å². The number of nitrogens with zero attached hydrogens (tertiary/aromatic N) is 1. The first kappa shape index (κ1) is 14.8. The quantitative estimate of drug-likeness (QED) is 0.758. The molecule has 20 heavy (non-hydrogen) atoms. The number of ether oxygens (including phenoxy) is 2. The van der Waals surface area contributed by atoms with Crippen LogP contribution in [-0.4, -0.2) is 25.2 Å². The van der Waals surface area contributed by atoms with E-state index in [1.807, 2.05) is 35.8 Å². The summed E-state index contributed by atoms with van der Waals surface area (Å²) in [5.41, 5.74) is 0. The summed E-state index contributed by atoms with van der Waals surface area (Å²) in [6, 6.07) is 7.93. The Hall–Kier alpha value is -1.59. The molecule has 1 atom stereocenters. The minimum absolute atomic E-state index is 0.314. The van der Waals surface area contributed by atoms with Crippen molar-refractivity contribution in [2.24, 2.45) is 0 Å². The molecule has 0 radical (unpaired) electrons. The summed E-state index contributed by atoms with van der Waals surface area (Å²) >= 11 is 1.69. The van der Waals surface area contributed by atoms with Crippen LogP contribution in [0, 0.1) is 0 Å². The van der Waals surface area contributed by atoms with Crippen LogP contribution < -0.4 is 14.8 Å². The van der Waals surface area contributed by atoms with Crippen LogP contribution in [0.25, 0.3) is 0 Å². The van der Waals surface area contributed by atoms with E-state index in [1.165, 1.54) is 0 Å². The molecule has 0 saturated heterocycles. The third-order valence-electron chi connectivity index (χ3n) is 2.98. The number of nitrogens with one attached hydrogen (secondary N) is 1. The van der Waals surface area contributed by atoms with Crippen LogP contribution >= 0.6 is 11.3 Å². The molecular weight excluding hydrogens is 272 g/mol. The molecule has 0 amide bonds. The maximum atomic E-state index is 5.68. The van der Waals surface area contributed by atoms with E-state index in [0.717, 1.165) is 29.5 Å². The lowest BCUT2D eigenvalue weighted by atomic mass is 10.2. The first-order valence-electron chi connectivity index (χ1n) is 6.73. The number of rotatable bonds is 8. The maximum Gasteiger partial charge on any atom is 0.119 e. The largest absolute Gasteiger partial charge is 0.497 e. The molecule has 5 heteroatoms. The van der Waals surface area contributed by atoms with Gasteiger partial charge < -0.3 is 14.8 Å². The molecule has 1 heterocycles. The lowest BCUT2D eigenvalue weighted by molar-refractivity contribution is 0.303. The van der Waals surface area contributed by atoms with Crippen LogP contribution in [0.3, 0.4) is 0 Å². The molecule has 0 saturated carbocycles. The highest BCUT2D eigenvalue weighted by Gasteiger charge is 2.10. The highest BCUT2D eigenvalue weighted by Crippen LogP contribution is 2.19. The number of hydrogen-bond donors (Lipinski definition) is 1. The fourth-order valence-corrected chi connectivity index (χ4v) is 2.68. The van der Waals surface area contributed by atoms with Gasteiger partial charge in [-0.2, -0.15) is 0 Å². The van der Waals surface area contributed by atoms with Crippen molar-refractivity contribution in [3.63, 3.8) is 0 Å². The highest BCUT2D eigenvalue weighted by molar-refractivity contribution is 7.09. The molecule has 0 fully saturated rings. The molecular formula is C15H20N2O2S. The zero-order valence-corrected chi connectivity index (χ0v) is 12.7. The minimum atomic E-state index is 0.314. The van der Waals surface area contributed by atoms with Gasteiger partial charge in [-0.15, -0.1) is 11.3 Å². The Kier molecular flexibility index (Phi) is 5.83. The van der Waals surface area contributed by atoms with Gasteiger partial charge in [0.2, 0.25) is 0 Å². The average molecular weight is 292 g/mol. The second kappa shape index (κ2) is 7.87. The summed E-state index contributed by atoms with van der Waals surface area (Å²) in [6.07, 6.45) is 2.87. The zero-order valence-electron chi connectivity index (χ0n) is 11.8. The van der Waals surface area contributed by atoms with E-state index in [2.05, 4.69) is 17.2 Å². The van der Waals surface area contributed by atoms with Crippen molar-refractivity contribution >= 4 is 11.3 Å². The third-order valence-corrected chi connectivity index (χ3v) is 3.87. The van der Waals surface area contributed by atoms with E-state index in [9.17, 15) is 0 Å². The number of aromatic nitrogens is 1. The topological polar surface area (TPSA) is 43.4 Å². The van der Waals surface area contributed by atoms with Crippen LogP contribution in [0.2, 0.25) is 0 Å².